The van der Waals surface area contributed by atoms with Crippen LogP contribution in [0.3, 0.4) is 0 Å². The number of nitrogens with zero attached hydrogens (tertiary/aromatic N) is 5. The van der Waals surface area contributed by atoms with Crippen LogP contribution in [0.5, 0.6) is 0 Å². The molecule has 0 radical (unpaired) electrons. The molecule has 0 aliphatic carbocycles. The number of hydrogen-bond donors (Lipinski definition) is 1. The molecule has 8 heteroatoms. The summed E-state index contributed by atoms with van der Waals surface area (Å²) >= 11 is 0. The molecule has 1 amide bonds. The molecule has 0 spiro atoms. The lowest BCUT2D eigenvalue weighted by molar-refractivity contribution is -0.140. The molecule has 0 saturated heterocycles. The van der Waals surface area contributed by atoms with Crippen molar-refractivity contribution in [3.8, 4) is 0 Å². The van der Waals surface area contributed by atoms with Crippen molar-refractivity contribution in [2.45, 2.75) is 33.0 Å². The van der Waals surface area contributed by atoms with Gasteiger partial charge < -0.3 is 10.0 Å². The van der Waals surface area contributed by atoms with Gasteiger partial charge in [0.25, 0.3) is 5.91 Å². The Morgan fingerprint density at radius 2 is 2.18 bits per heavy atom. The third-order valence-electron chi connectivity index (χ3n) is 3.37. The van der Waals surface area contributed by atoms with Crippen molar-refractivity contribution in [1.29, 1.82) is 0 Å². The van der Waals surface area contributed by atoms with Crippen LogP contribution in [0, 0.1) is 0 Å². The average molecular weight is 305 g/mol. The van der Waals surface area contributed by atoms with Crippen molar-refractivity contribution < 1.29 is 14.7 Å². The Bertz CT molecular complexity index is 676. The summed E-state index contributed by atoms with van der Waals surface area (Å²) in [5.74, 6) is -1.23. The quantitative estimate of drug-likeness (QED) is 0.860. The Hall–Kier alpha value is -2.64. The number of aliphatic carboxylic acids is 1. The lowest BCUT2D eigenvalue weighted by Crippen LogP contribution is -2.26. The second kappa shape index (κ2) is 6.42. The van der Waals surface area contributed by atoms with Gasteiger partial charge >= 0.3 is 5.97 Å². The average Bonchev–Trinajstić information content (AvgIpc) is 3.14. The molecule has 0 bridgehead atoms. The molecule has 2 aromatic heterocycles. The van der Waals surface area contributed by atoms with Crippen LogP contribution in [0.1, 0.15) is 35.9 Å². The summed E-state index contributed by atoms with van der Waals surface area (Å²) in [5.41, 5.74) is 1.15. The van der Waals surface area contributed by atoms with Crippen molar-refractivity contribution in [3.63, 3.8) is 0 Å². The number of rotatable bonds is 6. The molecule has 22 heavy (non-hydrogen) atoms. The van der Waals surface area contributed by atoms with Gasteiger partial charge in [-0.05, 0) is 19.9 Å². The SMILES string of the molecule is CCn1ccc(CN(C)C(=O)c2cnn(C(C)C(=O)O)c2)n1. The van der Waals surface area contributed by atoms with Crippen molar-refractivity contribution in [3.05, 3.63) is 35.9 Å². The predicted molar refractivity (Wildman–Crippen MR) is 78.3 cm³/mol. The maximum absolute atomic E-state index is 12.3. The van der Waals surface area contributed by atoms with Crippen LogP contribution >= 0.6 is 0 Å². The van der Waals surface area contributed by atoms with Gasteiger partial charge in [0.1, 0.15) is 6.04 Å². The molecule has 1 atom stereocenters. The van der Waals surface area contributed by atoms with Gasteiger partial charge in [-0.2, -0.15) is 10.2 Å². The topological polar surface area (TPSA) is 93.2 Å². The predicted octanol–water partition coefficient (Wildman–Crippen LogP) is 1.02. The molecule has 0 saturated carbocycles. The third-order valence-corrected chi connectivity index (χ3v) is 3.37. The molecule has 0 fully saturated rings. The zero-order valence-corrected chi connectivity index (χ0v) is 12.8. The summed E-state index contributed by atoms with van der Waals surface area (Å²) in [7, 11) is 1.67. The van der Waals surface area contributed by atoms with Crippen molar-refractivity contribution in [1.82, 2.24) is 24.5 Å². The van der Waals surface area contributed by atoms with Gasteiger partial charge in [0.15, 0.2) is 0 Å². The first kappa shape index (κ1) is 15.7. The molecule has 1 N–H and O–H groups in total. The van der Waals surface area contributed by atoms with E-state index in [0.29, 0.717) is 12.1 Å². The Kier molecular flexibility index (Phi) is 4.59. The first-order valence-corrected chi connectivity index (χ1v) is 6.97. The third kappa shape index (κ3) is 3.33. The fourth-order valence-electron chi connectivity index (χ4n) is 1.97. The largest absolute Gasteiger partial charge is 0.480 e. The summed E-state index contributed by atoms with van der Waals surface area (Å²) in [6, 6.07) is 1.05. The Labute approximate surface area is 127 Å². The number of carboxylic acid groups (broad SMARTS) is 1. The number of carboxylic acids is 1. The second-order valence-electron chi connectivity index (χ2n) is 5.05. The molecular formula is C14H19N5O3. The minimum absolute atomic E-state index is 0.227. The smallest absolute Gasteiger partial charge is 0.328 e. The van der Waals surface area contributed by atoms with Gasteiger partial charge in [0.2, 0.25) is 0 Å². The summed E-state index contributed by atoms with van der Waals surface area (Å²) in [6.45, 7) is 4.65. The number of hydrogen-bond acceptors (Lipinski definition) is 4. The zero-order valence-electron chi connectivity index (χ0n) is 12.8. The van der Waals surface area contributed by atoms with E-state index in [1.165, 1.54) is 28.9 Å². The second-order valence-corrected chi connectivity index (χ2v) is 5.05. The fraction of sp³-hybridized carbons (Fsp3) is 0.429. The van der Waals surface area contributed by atoms with Crippen LogP contribution < -0.4 is 0 Å². The Morgan fingerprint density at radius 3 is 2.77 bits per heavy atom. The molecule has 1 unspecified atom stereocenters. The van der Waals surface area contributed by atoms with E-state index in [9.17, 15) is 9.59 Å². The minimum atomic E-state index is -0.999. The van der Waals surface area contributed by atoms with Gasteiger partial charge in [0, 0.05) is 26.0 Å². The van der Waals surface area contributed by atoms with Crippen LogP contribution in [0.25, 0.3) is 0 Å². The molecule has 0 aliphatic rings. The molecule has 0 aromatic carbocycles. The highest BCUT2D eigenvalue weighted by molar-refractivity contribution is 5.93. The van der Waals surface area contributed by atoms with E-state index < -0.39 is 12.0 Å². The minimum Gasteiger partial charge on any atom is -0.480 e. The van der Waals surface area contributed by atoms with Gasteiger partial charge in [0.05, 0.1) is 24.0 Å². The van der Waals surface area contributed by atoms with Crippen molar-refractivity contribution in [2.24, 2.45) is 0 Å². The van der Waals surface area contributed by atoms with Crippen LogP contribution in [-0.2, 0) is 17.9 Å². The van der Waals surface area contributed by atoms with E-state index in [4.69, 9.17) is 5.11 Å². The molecule has 2 rings (SSSR count). The van der Waals surface area contributed by atoms with Crippen molar-refractivity contribution in [2.75, 3.05) is 7.05 Å². The van der Waals surface area contributed by atoms with Crippen LogP contribution in [-0.4, -0.2) is 48.5 Å². The summed E-state index contributed by atoms with van der Waals surface area (Å²) in [6.07, 6.45) is 4.69. The molecule has 118 valence electrons. The molecule has 2 heterocycles. The maximum atomic E-state index is 12.3. The van der Waals surface area contributed by atoms with Gasteiger partial charge in [-0.3, -0.25) is 14.2 Å². The van der Waals surface area contributed by atoms with E-state index in [-0.39, 0.29) is 5.91 Å². The summed E-state index contributed by atoms with van der Waals surface area (Å²) in [4.78, 5) is 24.8. The van der Waals surface area contributed by atoms with Gasteiger partial charge in [-0.1, -0.05) is 0 Å². The van der Waals surface area contributed by atoms with Crippen molar-refractivity contribution >= 4 is 11.9 Å². The van der Waals surface area contributed by atoms with E-state index in [2.05, 4.69) is 10.2 Å². The summed E-state index contributed by atoms with van der Waals surface area (Å²) in [5, 5.41) is 17.2. The fourth-order valence-corrected chi connectivity index (χ4v) is 1.97. The maximum Gasteiger partial charge on any atom is 0.328 e. The van der Waals surface area contributed by atoms with Gasteiger partial charge in [-0.25, -0.2) is 4.79 Å². The highest BCUT2D eigenvalue weighted by Crippen LogP contribution is 2.10. The Morgan fingerprint density at radius 1 is 1.45 bits per heavy atom. The standard InChI is InChI=1S/C14H19N5O3/c1-4-18-6-5-12(16-18)9-17(3)13(20)11-7-15-19(8-11)10(2)14(21)22/h5-8,10H,4,9H2,1-3H3,(H,21,22). The van der Waals surface area contributed by atoms with E-state index in [1.807, 2.05) is 19.2 Å². The first-order chi connectivity index (χ1) is 10.4. The lowest BCUT2D eigenvalue weighted by atomic mass is 10.3. The molecule has 0 aliphatic heterocycles. The van der Waals surface area contributed by atoms with Crippen LogP contribution in [0.15, 0.2) is 24.7 Å². The number of carbonyl (C=O) groups excluding carboxylic acids is 1. The highest BCUT2D eigenvalue weighted by atomic mass is 16.4. The Balaban J connectivity index is 2.05. The lowest BCUT2D eigenvalue weighted by Gasteiger charge is -2.14. The van der Waals surface area contributed by atoms with E-state index in [0.717, 1.165) is 12.2 Å². The highest BCUT2D eigenvalue weighted by Gasteiger charge is 2.19. The number of aryl methyl sites for hydroxylation is 1. The van der Waals surface area contributed by atoms with E-state index >= 15 is 0 Å². The zero-order chi connectivity index (χ0) is 16.3. The monoisotopic (exact) mass is 305 g/mol. The molecular weight excluding hydrogens is 286 g/mol. The summed E-state index contributed by atoms with van der Waals surface area (Å²) < 4.78 is 3.05. The van der Waals surface area contributed by atoms with Crippen LogP contribution in [0.2, 0.25) is 0 Å². The van der Waals surface area contributed by atoms with Gasteiger partial charge in [-0.15, -0.1) is 0 Å². The molecule has 2 aromatic rings. The van der Waals surface area contributed by atoms with Crippen LogP contribution in [0.4, 0.5) is 0 Å². The number of carbonyl (C=O) groups is 2. The number of aromatic nitrogens is 4. The first-order valence-electron chi connectivity index (χ1n) is 6.97. The van der Waals surface area contributed by atoms with E-state index in [1.54, 1.807) is 11.7 Å². The normalized spacial score (nSPS) is 12.1. The number of amides is 1. The molecule has 8 nitrogen and oxygen atoms in total.